The molecule has 2 aromatic rings. The number of hydrogen-bond donors (Lipinski definition) is 1. The van der Waals surface area contributed by atoms with Crippen LogP contribution in [0.25, 0.3) is 0 Å². The molecule has 0 aromatic carbocycles. The second-order valence-electron chi connectivity index (χ2n) is 3.28. The van der Waals surface area contributed by atoms with E-state index in [0.717, 1.165) is 11.6 Å². The minimum Gasteiger partial charge on any atom is -0.448 e. The van der Waals surface area contributed by atoms with Crippen molar-refractivity contribution in [3.05, 3.63) is 47.0 Å². The summed E-state index contributed by atoms with van der Waals surface area (Å²) in [4.78, 5) is 4.18. The predicted molar refractivity (Wildman–Crippen MR) is 67.3 cm³/mol. The van der Waals surface area contributed by atoms with E-state index in [-0.39, 0.29) is 12.4 Å². The predicted octanol–water partition coefficient (Wildman–Crippen LogP) is 3.67. The molecule has 0 fully saturated rings. The van der Waals surface area contributed by atoms with Gasteiger partial charge in [-0.2, -0.15) is 0 Å². The number of anilines is 1. The normalized spacial score (nSPS) is 9.62. The van der Waals surface area contributed by atoms with Crippen molar-refractivity contribution in [1.29, 1.82) is 0 Å². The number of aromatic nitrogens is 1. The van der Waals surface area contributed by atoms with Crippen molar-refractivity contribution in [2.75, 3.05) is 5.32 Å². The molecule has 2 heterocycles. The van der Waals surface area contributed by atoms with E-state index in [1.54, 1.807) is 12.3 Å². The number of furan rings is 1. The standard InChI is InChI=1S/C11H11ClN2O.ClH/c1-8-4-5-13-11(6-8)14-7-9-2-3-10(12)15-9;/h2-6H,7H2,1H3,(H,13,14);1H. The topological polar surface area (TPSA) is 38.1 Å². The molecule has 3 nitrogen and oxygen atoms in total. The zero-order chi connectivity index (χ0) is 10.7. The van der Waals surface area contributed by atoms with Crippen molar-refractivity contribution in [3.8, 4) is 0 Å². The average molecular weight is 259 g/mol. The summed E-state index contributed by atoms with van der Waals surface area (Å²) in [7, 11) is 0. The van der Waals surface area contributed by atoms with E-state index in [9.17, 15) is 0 Å². The summed E-state index contributed by atoms with van der Waals surface area (Å²) >= 11 is 5.66. The van der Waals surface area contributed by atoms with Crippen LogP contribution in [-0.4, -0.2) is 4.98 Å². The molecule has 0 atom stereocenters. The van der Waals surface area contributed by atoms with Crippen molar-refractivity contribution in [1.82, 2.24) is 4.98 Å². The Morgan fingerprint density at radius 1 is 1.38 bits per heavy atom. The van der Waals surface area contributed by atoms with E-state index >= 15 is 0 Å². The number of pyridine rings is 1. The molecular weight excluding hydrogens is 247 g/mol. The number of halogens is 2. The second-order valence-corrected chi connectivity index (χ2v) is 3.65. The molecule has 2 aromatic heterocycles. The first-order valence-corrected chi connectivity index (χ1v) is 5.02. The molecule has 5 heteroatoms. The van der Waals surface area contributed by atoms with Crippen molar-refractivity contribution < 1.29 is 4.42 Å². The maximum absolute atomic E-state index is 5.66. The van der Waals surface area contributed by atoms with Gasteiger partial charge in [0.05, 0.1) is 6.54 Å². The molecule has 0 unspecified atom stereocenters. The smallest absolute Gasteiger partial charge is 0.193 e. The van der Waals surface area contributed by atoms with Gasteiger partial charge in [0, 0.05) is 6.20 Å². The lowest BCUT2D eigenvalue weighted by atomic mass is 10.3. The van der Waals surface area contributed by atoms with Gasteiger partial charge in [0.15, 0.2) is 5.22 Å². The maximum Gasteiger partial charge on any atom is 0.193 e. The molecule has 0 aliphatic rings. The van der Waals surface area contributed by atoms with E-state index in [4.69, 9.17) is 16.0 Å². The highest BCUT2D eigenvalue weighted by Gasteiger charge is 1.99. The SMILES string of the molecule is Cc1ccnc(NCc2ccc(Cl)o2)c1.Cl. The quantitative estimate of drug-likeness (QED) is 0.913. The van der Waals surface area contributed by atoms with Gasteiger partial charge in [-0.15, -0.1) is 12.4 Å². The largest absolute Gasteiger partial charge is 0.448 e. The monoisotopic (exact) mass is 258 g/mol. The van der Waals surface area contributed by atoms with Gasteiger partial charge in [-0.05, 0) is 48.4 Å². The van der Waals surface area contributed by atoms with Gasteiger partial charge in [-0.25, -0.2) is 4.98 Å². The molecule has 16 heavy (non-hydrogen) atoms. The maximum atomic E-state index is 5.66. The number of rotatable bonds is 3. The third-order valence-electron chi connectivity index (χ3n) is 1.99. The molecule has 0 saturated heterocycles. The van der Waals surface area contributed by atoms with Crippen LogP contribution < -0.4 is 5.32 Å². The summed E-state index contributed by atoms with van der Waals surface area (Å²) < 4.78 is 5.21. The first-order valence-electron chi connectivity index (χ1n) is 4.65. The third-order valence-corrected chi connectivity index (χ3v) is 2.19. The number of hydrogen-bond acceptors (Lipinski definition) is 3. The molecule has 0 saturated carbocycles. The Balaban J connectivity index is 0.00000128. The van der Waals surface area contributed by atoms with Crippen LogP contribution >= 0.6 is 24.0 Å². The number of nitrogens with zero attached hydrogens (tertiary/aromatic N) is 1. The van der Waals surface area contributed by atoms with Gasteiger partial charge in [-0.1, -0.05) is 0 Å². The first kappa shape index (κ1) is 12.9. The fourth-order valence-corrected chi connectivity index (χ4v) is 1.42. The van der Waals surface area contributed by atoms with Crippen molar-refractivity contribution >= 4 is 29.8 Å². The molecule has 0 radical (unpaired) electrons. The molecule has 2 rings (SSSR count). The summed E-state index contributed by atoms with van der Waals surface area (Å²) in [5.41, 5.74) is 1.17. The van der Waals surface area contributed by atoms with Gasteiger partial charge in [0.1, 0.15) is 11.6 Å². The summed E-state index contributed by atoms with van der Waals surface area (Å²) in [5.74, 6) is 1.63. The third kappa shape index (κ3) is 3.43. The van der Waals surface area contributed by atoms with Crippen LogP contribution in [0.4, 0.5) is 5.82 Å². The fourth-order valence-electron chi connectivity index (χ4n) is 1.26. The van der Waals surface area contributed by atoms with Gasteiger partial charge in [-0.3, -0.25) is 0 Å². The Morgan fingerprint density at radius 3 is 2.81 bits per heavy atom. The van der Waals surface area contributed by atoms with Crippen LogP contribution in [0.3, 0.4) is 0 Å². The Hall–Kier alpha value is -1.19. The van der Waals surface area contributed by atoms with Gasteiger partial charge in [0.25, 0.3) is 0 Å². The average Bonchev–Trinajstić information content (AvgIpc) is 2.62. The molecule has 0 aliphatic carbocycles. The number of aryl methyl sites for hydroxylation is 1. The van der Waals surface area contributed by atoms with Crippen LogP contribution in [0.2, 0.25) is 5.22 Å². The summed E-state index contributed by atoms with van der Waals surface area (Å²) in [5, 5.41) is 3.56. The van der Waals surface area contributed by atoms with Crippen LogP contribution in [0.1, 0.15) is 11.3 Å². The van der Waals surface area contributed by atoms with Crippen molar-refractivity contribution in [2.24, 2.45) is 0 Å². The highest BCUT2D eigenvalue weighted by molar-refractivity contribution is 6.28. The lowest BCUT2D eigenvalue weighted by Crippen LogP contribution is -2.00. The summed E-state index contributed by atoms with van der Waals surface area (Å²) in [6.45, 7) is 2.61. The van der Waals surface area contributed by atoms with E-state index in [0.29, 0.717) is 11.8 Å². The summed E-state index contributed by atoms with van der Waals surface area (Å²) in [6, 6.07) is 7.49. The van der Waals surface area contributed by atoms with E-state index in [1.807, 2.05) is 25.1 Å². The lowest BCUT2D eigenvalue weighted by molar-refractivity contribution is 0.519. The van der Waals surface area contributed by atoms with Crippen molar-refractivity contribution in [3.63, 3.8) is 0 Å². The highest BCUT2D eigenvalue weighted by atomic mass is 35.5. The van der Waals surface area contributed by atoms with Crippen molar-refractivity contribution in [2.45, 2.75) is 13.5 Å². The van der Waals surface area contributed by atoms with Crippen LogP contribution in [0, 0.1) is 6.92 Å². The van der Waals surface area contributed by atoms with Gasteiger partial charge in [0.2, 0.25) is 0 Å². The lowest BCUT2D eigenvalue weighted by Gasteiger charge is -2.03. The van der Waals surface area contributed by atoms with Crippen LogP contribution in [-0.2, 0) is 6.54 Å². The zero-order valence-corrected chi connectivity index (χ0v) is 10.3. The summed E-state index contributed by atoms with van der Waals surface area (Å²) in [6.07, 6.45) is 1.77. The van der Waals surface area contributed by atoms with Gasteiger partial charge >= 0.3 is 0 Å². The molecule has 0 bridgehead atoms. The van der Waals surface area contributed by atoms with Crippen LogP contribution in [0.15, 0.2) is 34.9 Å². The Kier molecular flexibility index (Phi) is 4.65. The highest BCUT2D eigenvalue weighted by Crippen LogP contribution is 2.14. The van der Waals surface area contributed by atoms with E-state index < -0.39 is 0 Å². The van der Waals surface area contributed by atoms with Crippen LogP contribution in [0.5, 0.6) is 0 Å². The molecule has 86 valence electrons. The fraction of sp³-hybridized carbons (Fsp3) is 0.182. The molecule has 0 amide bonds. The molecular formula is C11H12Cl2N2O. The number of nitrogens with one attached hydrogen (secondary N) is 1. The molecule has 0 aliphatic heterocycles. The zero-order valence-electron chi connectivity index (χ0n) is 8.74. The van der Waals surface area contributed by atoms with E-state index in [2.05, 4.69) is 10.3 Å². The van der Waals surface area contributed by atoms with E-state index in [1.165, 1.54) is 5.56 Å². The molecule has 1 N–H and O–H groups in total. The Bertz CT molecular complexity index is 457. The Labute approximate surface area is 105 Å². The second kappa shape index (κ2) is 5.77. The first-order chi connectivity index (χ1) is 7.24. The minimum atomic E-state index is 0. The van der Waals surface area contributed by atoms with Gasteiger partial charge < -0.3 is 9.73 Å². The Morgan fingerprint density at radius 2 is 2.19 bits per heavy atom. The minimum absolute atomic E-state index is 0. The molecule has 0 spiro atoms.